The van der Waals surface area contributed by atoms with E-state index in [4.69, 9.17) is 17.3 Å². The molecule has 0 saturated carbocycles. The minimum atomic E-state index is 0.800. The highest BCUT2D eigenvalue weighted by atomic mass is 35.5. The Morgan fingerprint density at radius 1 is 1.17 bits per heavy atom. The molecule has 2 N–H and O–H groups in total. The van der Waals surface area contributed by atoms with Gasteiger partial charge in [0.25, 0.3) is 0 Å². The van der Waals surface area contributed by atoms with E-state index >= 15 is 0 Å². The average Bonchev–Trinajstić information content (AvgIpc) is 2.75. The second kappa shape index (κ2) is 6.12. The van der Waals surface area contributed by atoms with Gasteiger partial charge in [-0.05, 0) is 42.8 Å². The van der Waals surface area contributed by atoms with Gasteiger partial charge in [0.05, 0.1) is 10.9 Å². The lowest BCUT2D eigenvalue weighted by atomic mass is 10.2. The minimum absolute atomic E-state index is 0.800. The first-order valence-corrected chi connectivity index (χ1v) is 7.23. The molecule has 1 aromatic carbocycles. The summed E-state index contributed by atoms with van der Waals surface area (Å²) in [6, 6.07) is 12.1. The topological polar surface area (TPSA) is 29.3 Å². The van der Waals surface area contributed by atoms with Gasteiger partial charge in [-0.3, -0.25) is 0 Å². The summed E-state index contributed by atoms with van der Waals surface area (Å²) in [4.78, 5) is 3.63. The first kappa shape index (κ1) is 13.2. The van der Waals surface area contributed by atoms with E-state index in [1.54, 1.807) is 11.3 Å². The number of thiophene rings is 1. The molecule has 0 aliphatic carbocycles. The molecule has 1 aromatic heterocycles. The first-order valence-electron chi connectivity index (χ1n) is 6.03. The number of anilines is 2. The van der Waals surface area contributed by atoms with Crippen LogP contribution in [0.25, 0.3) is 0 Å². The van der Waals surface area contributed by atoms with Crippen molar-refractivity contribution in [3.05, 3.63) is 45.6 Å². The monoisotopic (exact) mass is 280 g/mol. The number of halogens is 1. The third kappa shape index (κ3) is 3.40. The van der Waals surface area contributed by atoms with Gasteiger partial charge in [-0.25, -0.2) is 0 Å². The van der Waals surface area contributed by atoms with Crippen LogP contribution in [0.4, 0.5) is 11.4 Å². The van der Waals surface area contributed by atoms with Crippen LogP contribution in [0.1, 0.15) is 18.2 Å². The van der Waals surface area contributed by atoms with Crippen LogP contribution in [-0.4, -0.2) is 6.54 Å². The fraction of sp³-hybridized carbons (Fsp3) is 0.286. The number of hydrogen-bond donors (Lipinski definition) is 1. The lowest BCUT2D eigenvalue weighted by molar-refractivity contribution is 0.774. The fourth-order valence-corrected chi connectivity index (χ4v) is 2.98. The van der Waals surface area contributed by atoms with E-state index in [0.717, 1.165) is 29.5 Å². The third-order valence-electron chi connectivity index (χ3n) is 2.73. The normalized spacial score (nSPS) is 10.6. The van der Waals surface area contributed by atoms with Gasteiger partial charge >= 0.3 is 0 Å². The molecule has 2 aromatic rings. The molecule has 0 saturated heterocycles. The molecule has 0 aliphatic heterocycles. The Morgan fingerprint density at radius 3 is 2.44 bits per heavy atom. The highest BCUT2D eigenvalue weighted by molar-refractivity contribution is 7.16. The smallest absolute Gasteiger partial charge is 0.0931 e. The number of nitrogens with two attached hydrogens (primary N) is 1. The molecule has 1 heterocycles. The summed E-state index contributed by atoms with van der Waals surface area (Å²) in [5, 5.41) is 0. The van der Waals surface area contributed by atoms with Gasteiger partial charge in [0.2, 0.25) is 0 Å². The quantitative estimate of drug-likeness (QED) is 0.823. The predicted molar refractivity (Wildman–Crippen MR) is 81.5 cm³/mol. The lowest BCUT2D eigenvalue weighted by Gasteiger charge is -2.23. The zero-order chi connectivity index (χ0) is 13.0. The number of rotatable bonds is 5. The molecule has 0 amide bonds. The van der Waals surface area contributed by atoms with Crippen LogP contribution in [0.5, 0.6) is 0 Å². The van der Waals surface area contributed by atoms with E-state index in [1.807, 2.05) is 18.2 Å². The minimum Gasteiger partial charge on any atom is -0.399 e. The van der Waals surface area contributed by atoms with Crippen LogP contribution in [0, 0.1) is 0 Å². The Kier molecular flexibility index (Phi) is 4.50. The Bertz CT molecular complexity index is 493. The number of nitrogens with zero attached hydrogens (tertiary/aromatic N) is 1. The molecular formula is C14H17ClN2S. The van der Waals surface area contributed by atoms with E-state index in [0.29, 0.717) is 0 Å². The molecular weight excluding hydrogens is 264 g/mol. The highest BCUT2D eigenvalue weighted by Crippen LogP contribution is 2.25. The number of hydrogen-bond acceptors (Lipinski definition) is 3. The van der Waals surface area contributed by atoms with Crippen molar-refractivity contribution >= 4 is 34.3 Å². The first-order chi connectivity index (χ1) is 8.69. The van der Waals surface area contributed by atoms with Crippen molar-refractivity contribution in [3.63, 3.8) is 0 Å². The van der Waals surface area contributed by atoms with Gasteiger partial charge in [-0.15, -0.1) is 11.3 Å². The Hall–Kier alpha value is -1.19. The maximum Gasteiger partial charge on any atom is 0.0931 e. The summed E-state index contributed by atoms with van der Waals surface area (Å²) < 4.78 is 0.846. The van der Waals surface area contributed by atoms with Gasteiger partial charge in [0, 0.05) is 22.8 Å². The Morgan fingerprint density at radius 2 is 1.89 bits per heavy atom. The number of nitrogen functional groups attached to an aromatic ring is 1. The lowest BCUT2D eigenvalue weighted by Crippen LogP contribution is -2.22. The van der Waals surface area contributed by atoms with Crippen molar-refractivity contribution in [3.8, 4) is 0 Å². The van der Waals surface area contributed by atoms with Crippen LogP contribution in [0.15, 0.2) is 36.4 Å². The molecule has 18 heavy (non-hydrogen) atoms. The van der Waals surface area contributed by atoms with Gasteiger partial charge in [-0.2, -0.15) is 0 Å². The van der Waals surface area contributed by atoms with Gasteiger partial charge in [-0.1, -0.05) is 18.5 Å². The van der Waals surface area contributed by atoms with Crippen LogP contribution >= 0.6 is 22.9 Å². The van der Waals surface area contributed by atoms with Crippen LogP contribution < -0.4 is 10.6 Å². The third-order valence-corrected chi connectivity index (χ3v) is 3.94. The van der Waals surface area contributed by atoms with Crippen LogP contribution in [-0.2, 0) is 6.54 Å². The maximum absolute atomic E-state index is 5.97. The highest BCUT2D eigenvalue weighted by Gasteiger charge is 2.08. The summed E-state index contributed by atoms with van der Waals surface area (Å²) in [6.45, 7) is 4.11. The standard InChI is InChI=1S/C14H17ClN2S/c1-2-9-17(10-13-7-8-14(15)18-13)12-5-3-11(16)4-6-12/h3-8H,2,9-10,16H2,1H3. The van der Waals surface area contributed by atoms with Crippen molar-refractivity contribution in [2.24, 2.45) is 0 Å². The summed E-state index contributed by atoms with van der Waals surface area (Å²) in [6.07, 6.45) is 1.11. The molecule has 0 aliphatic rings. The van der Waals surface area contributed by atoms with Gasteiger partial charge in [0.1, 0.15) is 0 Å². The largest absolute Gasteiger partial charge is 0.399 e. The van der Waals surface area contributed by atoms with Crippen molar-refractivity contribution in [2.75, 3.05) is 17.2 Å². The van der Waals surface area contributed by atoms with Crippen molar-refractivity contribution in [2.45, 2.75) is 19.9 Å². The second-order valence-electron chi connectivity index (χ2n) is 4.22. The molecule has 2 rings (SSSR count). The van der Waals surface area contributed by atoms with E-state index in [2.05, 4.69) is 30.0 Å². The van der Waals surface area contributed by atoms with Gasteiger partial charge in [0.15, 0.2) is 0 Å². The van der Waals surface area contributed by atoms with E-state index < -0.39 is 0 Å². The zero-order valence-corrected chi connectivity index (χ0v) is 12.0. The van der Waals surface area contributed by atoms with E-state index in [-0.39, 0.29) is 0 Å². The zero-order valence-electron chi connectivity index (χ0n) is 10.4. The predicted octanol–water partition coefficient (Wildman–Crippen LogP) is 4.40. The van der Waals surface area contributed by atoms with Crippen molar-refractivity contribution < 1.29 is 0 Å². The molecule has 96 valence electrons. The van der Waals surface area contributed by atoms with Crippen molar-refractivity contribution in [1.29, 1.82) is 0 Å². The number of benzene rings is 1. The molecule has 0 radical (unpaired) electrons. The Labute approximate surface area is 117 Å². The Balaban J connectivity index is 2.14. The van der Waals surface area contributed by atoms with E-state index in [9.17, 15) is 0 Å². The summed E-state index contributed by atoms with van der Waals surface area (Å²) in [7, 11) is 0. The van der Waals surface area contributed by atoms with Gasteiger partial charge < -0.3 is 10.6 Å². The second-order valence-corrected chi connectivity index (χ2v) is 6.02. The molecule has 2 nitrogen and oxygen atoms in total. The molecule has 0 fully saturated rings. The van der Waals surface area contributed by atoms with Crippen molar-refractivity contribution in [1.82, 2.24) is 0 Å². The SMILES string of the molecule is CCCN(Cc1ccc(Cl)s1)c1ccc(N)cc1. The van der Waals surface area contributed by atoms with Crippen LogP contribution in [0.2, 0.25) is 4.34 Å². The average molecular weight is 281 g/mol. The summed E-state index contributed by atoms with van der Waals surface area (Å²) >= 11 is 7.61. The fourth-order valence-electron chi connectivity index (χ4n) is 1.88. The molecule has 0 unspecified atom stereocenters. The molecule has 0 bridgehead atoms. The molecule has 4 heteroatoms. The van der Waals surface area contributed by atoms with Crippen LogP contribution in [0.3, 0.4) is 0 Å². The summed E-state index contributed by atoms with van der Waals surface area (Å²) in [5.41, 5.74) is 7.73. The molecule has 0 spiro atoms. The maximum atomic E-state index is 5.97. The summed E-state index contributed by atoms with van der Waals surface area (Å²) in [5.74, 6) is 0. The molecule has 0 atom stereocenters. The van der Waals surface area contributed by atoms with E-state index in [1.165, 1.54) is 10.6 Å².